The molecule has 0 bridgehead atoms. The molecule has 0 aromatic rings. The Balaban J connectivity index is 4.55. The number of nitrogens with two attached hydrogens (primary N) is 1. The van der Waals surface area contributed by atoms with Crippen molar-refractivity contribution in [2.45, 2.75) is 32.0 Å². The number of carboxylic acids is 1. The van der Waals surface area contributed by atoms with Crippen LogP contribution in [-0.2, 0) is 14.4 Å². The van der Waals surface area contributed by atoms with Crippen molar-refractivity contribution in [2.75, 3.05) is 6.54 Å². The summed E-state index contributed by atoms with van der Waals surface area (Å²) in [6.07, 6.45) is -1.16. The molecule has 0 radical (unpaired) electrons. The third-order valence-electron chi connectivity index (χ3n) is 2.00. The van der Waals surface area contributed by atoms with E-state index in [2.05, 4.69) is 10.6 Å². The van der Waals surface area contributed by atoms with E-state index in [-0.39, 0.29) is 6.54 Å². The molecule has 0 spiro atoms. The highest BCUT2D eigenvalue weighted by atomic mass is 16.4. The van der Waals surface area contributed by atoms with E-state index in [1.165, 1.54) is 13.8 Å². The molecule has 2 amide bonds. The van der Waals surface area contributed by atoms with Crippen LogP contribution in [0, 0.1) is 0 Å². The number of nitrogens with one attached hydrogen (secondary N) is 2. The summed E-state index contributed by atoms with van der Waals surface area (Å²) in [5.41, 5.74) is 5.05. The third-order valence-corrected chi connectivity index (χ3v) is 2.00. The minimum absolute atomic E-state index is 0.328. The van der Waals surface area contributed by atoms with Crippen LogP contribution in [0.1, 0.15) is 13.8 Å². The van der Waals surface area contributed by atoms with Crippen molar-refractivity contribution in [3.05, 3.63) is 0 Å². The van der Waals surface area contributed by atoms with Crippen molar-refractivity contribution in [3.8, 4) is 0 Å². The number of hydrogen-bond acceptors (Lipinski definition) is 5. The van der Waals surface area contributed by atoms with E-state index in [0.29, 0.717) is 0 Å². The van der Waals surface area contributed by atoms with Gasteiger partial charge in [0, 0.05) is 0 Å². The largest absolute Gasteiger partial charge is 0.480 e. The zero-order chi connectivity index (χ0) is 13.6. The smallest absolute Gasteiger partial charge is 0.325 e. The van der Waals surface area contributed by atoms with Gasteiger partial charge in [-0.3, -0.25) is 14.4 Å². The molecule has 17 heavy (non-hydrogen) atoms. The maximum absolute atomic E-state index is 11.6. The molecule has 0 aromatic heterocycles. The van der Waals surface area contributed by atoms with Crippen molar-refractivity contribution < 1.29 is 24.6 Å². The van der Waals surface area contributed by atoms with E-state index in [1.54, 1.807) is 0 Å². The normalized spacial score (nSPS) is 15.5. The van der Waals surface area contributed by atoms with Crippen molar-refractivity contribution in [2.24, 2.45) is 5.73 Å². The molecule has 98 valence electrons. The van der Waals surface area contributed by atoms with Crippen LogP contribution in [-0.4, -0.2) is 52.7 Å². The fourth-order valence-corrected chi connectivity index (χ4v) is 1.00. The molecule has 0 saturated carbocycles. The van der Waals surface area contributed by atoms with Crippen molar-refractivity contribution >= 4 is 17.8 Å². The molecule has 0 unspecified atom stereocenters. The molecule has 0 aliphatic carbocycles. The molecule has 0 aliphatic heterocycles. The van der Waals surface area contributed by atoms with Crippen molar-refractivity contribution in [1.29, 1.82) is 0 Å². The number of amides is 2. The van der Waals surface area contributed by atoms with Gasteiger partial charge in [-0.25, -0.2) is 0 Å². The number of aliphatic carboxylic acids is 1. The number of carbonyl (C=O) groups is 3. The second-order valence-electron chi connectivity index (χ2n) is 3.56. The van der Waals surface area contributed by atoms with Gasteiger partial charge in [0.25, 0.3) is 0 Å². The number of aliphatic hydroxyl groups is 1. The number of rotatable bonds is 6. The summed E-state index contributed by atoms with van der Waals surface area (Å²) < 4.78 is 0. The van der Waals surface area contributed by atoms with E-state index in [4.69, 9.17) is 10.8 Å². The van der Waals surface area contributed by atoms with Gasteiger partial charge >= 0.3 is 5.97 Å². The second kappa shape index (κ2) is 6.81. The molecule has 0 aromatic carbocycles. The Morgan fingerprint density at radius 2 is 1.76 bits per heavy atom. The van der Waals surface area contributed by atoms with Gasteiger partial charge in [-0.1, -0.05) is 0 Å². The van der Waals surface area contributed by atoms with Crippen LogP contribution >= 0.6 is 0 Å². The average molecular weight is 247 g/mol. The quantitative estimate of drug-likeness (QED) is 0.348. The summed E-state index contributed by atoms with van der Waals surface area (Å²) in [4.78, 5) is 33.1. The van der Waals surface area contributed by atoms with Gasteiger partial charge in [0.1, 0.15) is 12.1 Å². The summed E-state index contributed by atoms with van der Waals surface area (Å²) in [6.45, 7) is 2.24. The van der Waals surface area contributed by atoms with E-state index in [0.717, 1.165) is 0 Å². The summed E-state index contributed by atoms with van der Waals surface area (Å²) in [5.74, 6) is -2.61. The van der Waals surface area contributed by atoms with Gasteiger partial charge in [0.2, 0.25) is 11.8 Å². The molecule has 0 fully saturated rings. The second-order valence-corrected chi connectivity index (χ2v) is 3.56. The predicted octanol–water partition coefficient (Wildman–Crippen LogP) is -2.60. The molecule has 6 N–H and O–H groups in total. The fraction of sp³-hybridized carbons (Fsp3) is 0.667. The fourth-order valence-electron chi connectivity index (χ4n) is 1.00. The Morgan fingerprint density at radius 1 is 1.24 bits per heavy atom. The summed E-state index contributed by atoms with van der Waals surface area (Å²) in [5, 5.41) is 22.2. The zero-order valence-corrected chi connectivity index (χ0v) is 9.64. The van der Waals surface area contributed by atoms with Crippen LogP contribution in [0.4, 0.5) is 0 Å². The monoisotopic (exact) mass is 247 g/mol. The van der Waals surface area contributed by atoms with Crippen molar-refractivity contribution in [3.63, 3.8) is 0 Å². The van der Waals surface area contributed by atoms with E-state index >= 15 is 0 Å². The topological polar surface area (TPSA) is 142 Å². The minimum atomic E-state index is -1.23. The van der Waals surface area contributed by atoms with Gasteiger partial charge in [-0.05, 0) is 13.8 Å². The first-order valence-corrected chi connectivity index (χ1v) is 5.00. The van der Waals surface area contributed by atoms with Gasteiger partial charge in [0.05, 0.1) is 12.6 Å². The Kier molecular flexibility index (Phi) is 6.15. The Hall–Kier alpha value is -1.67. The van der Waals surface area contributed by atoms with Crippen LogP contribution in [0.5, 0.6) is 0 Å². The highest BCUT2D eigenvalue weighted by molar-refractivity contribution is 5.91. The number of carbonyl (C=O) groups excluding carboxylic acids is 2. The Bertz CT molecular complexity index is 305. The molecule has 0 saturated heterocycles. The predicted molar refractivity (Wildman–Crippen MR) is 57.9 cm³/mol. The lowest BCUT2D eigenvalue weighted by Gasteiger charge is -2.21. The standard InChI is InChI=1S/C9H17N3O5/c1-4(9(16)17)11-8(15)7(5(2)13)12-6(14)3-10/h4-5,7,13H,3,10H2,1-2H3,(H,11,15)(H,12,14)(H,16,17)/t4-,5+,7-/m0/s1. The molecular formula is C9H17N3O5. The van der Waals surface area contributed by atoms with Gasteiger partial charge in [-0.15, -0.1) is 0 Å². The Morgan fingerprint density at radius 3 is 2.12 bits per heavy atom. The highest BCUT2D eigenvalue weighted by Gasteiger charge is 2.27. The molecule has 3 atom stereocenters. The maximum atomic E-state index is 11.6. The number of hydrogen-bond donors (Lipinski definition) is 5. The maximum Gasteiger partial charge on any atom is 0.325 e. The summed E-state index contributed by atoms with van der Waals surface area (Å²) >= 11 is 0. The van der Waals surface area contributed by atoms with E-state index < -0.39 is 36.0 Å². The minimum Gasteiger partial charge on any atom is -0.480 e. The first-order chi connectivity index (χ1) is 7.79. The van der Waals surface area contributed by atoms with Gasteiger partial charge in [0.15, 0.2) is 0 Å². The lowest BCUT2D eigenvalue weighted by Crippen LogP contribution is -2.56. The lowest BCUT2D eigenvalue weighted by atomic mass is 10.1. The average Bonchev–Trinajstić information content (AvgIpc) is 2.24. The first-order valence-electron chi connectivity index (χ1n) is 5.00. The third kappa shape index (κ3) is 5.27. The van der Waals surface area contributed by atoms with Crippen LogP contribution in [0.15, 0.2) is 0 Å². The summed E-state index contributed by atoms with van der Waals surface area (Å²) in [6, 6.07) is -2.34. The zero-order valence-electron chi connectivity index (χ0n) is 9.64. The molecule has 8 heteroatoms. The van der Waals surface area contributed by atoms with Gasteiger partial charge in [-0.2, -0.15) is 0 Å². The first kappa shape index (κ1) is 15.3. The SMILES string of the molecule is C[C@H](NC(=O)[C@@H](NC(=O)CN)[C@@H](C)O)C(=O)O. The summed E-state index contributed by atoms with van der Waals surface area (Å²) in [7, 11) is 0. The Labute approximate surface area is 98.2 Å². The van der Waals surface area contributed by atoms with E-state index in [9.17, 15) is 19.5 Å². The number of carboxylic acid groups (broad SMARTS) is 1. The molecular weight excluding hydrogens is 230 g/mol. The molecule has 0 rings (SSSR count). The van der Waals surface area contributed by atoms with Crippen LogP contribution in [0.2, 0.25) is 0 Å². The van der Waals surface area contributed by atoms with Gasteiger partial charge < -0.3 is 26.6 Å². The highest BCUT2D eigenvalue weighted by Crippen LogP contribution is 1.95. The van der Waals surface area contributed by atoms with Crippen LogP contribution in [0.3, 0.4) is 0 Å². The van der Waals surface area contributed by atoms with Crippen LogP contribution < -0.4 is 16.4 Å². The van der Waals surface area contributed by atoms with E-state index in [1.807, 2.05) is 0 Å². The molecule has 0 heterocycles. The van der Waals surface area contributed by atoms with Crippen LogP contribution in [0.25, 0.3) is 0 Å². The lowest BCUT2D eigenvalue weighted by molar-refractivity contribution is -0.142. The molecule has 8 nitrogen and oxygen atoms in total. The number of aliphatic hydroxyl groups excluding tert-OH is 1. The van der Waals surface area contributed by atoms with Crippen molar-refractivity contribution in [1.82, 2.24) is 10.6 Å². The molecule has 0 aliphatic rings.